The van der Waals surface area contributed by atoms with Crippen molar-refractivity contribution in [3.63, 3.8) is 0 Å². The molecule has 95 heavy (non-hydrogen) atoms. The zero-order valence-electron chi connectivity index (χ0n) is 61.8. The van der Waals surface area contributed by atoms with Gasteiger partial charge in [0, 0.05) is 25.7 Å². The first-order valence-electron chi connectivity index (χ1n) is 39.7. The summed E-state index contributed by atoms with van der Waals surface area (Å²) in [4.78, 5) is 72.7. The lowest BCUT2D eigenvalue weighted by molar-refractivity contribution is -0.161. The van der Waals surface area contributed by atoms with E-state index in [4.69, 9.17) is 37.0 Å². The van der Waals surface area contributed by atoms with Crippen LogP contribution in [-0.4, -0.2) is 96.7 Å². The Hall–Kier alpha value is -1.94. The van der Waals surface area contributed by atoms with Gasteiger partial charge in [0.15, 0.2) is 12.2 Å². The molecule has 0 saturated heterocycles. The van der Waals surface area contributed by atoms with Crippen LogP contribution in [-0.2, 0) is 65.4 Å². The van der Waals surface area contributed by atoms with Gasteiger partial charge in [0.25, 0.3) is 0 Å². The lowest BCUT2D eigenvalue weighted by Gasteiger charge is -2.21. The summed E-state index contributed by atoms with van der Waals surface area (Å²) < 4.78 is 68.4. The molecule has 0 aromatic carbocycles. The smallest absolute Gasteiger partial charge is 0.462 e. The molecule has 0 aliphatic carbocycles. The number of aliphatic hydroxyl groups is 1. The maximum absolute atomic E-state index is 13.1. The first-order valence-corrected chi connectivity index (χ1v) is 42.7. The van der Waals surface area contributed by atoms with Gasteiger partial charge in [-0.15, -0.1) is 0 Å². The first-order chi connectivity index (χ1) is 46.1. The van der Waals surface area contributed by atoms with Crippen molar-refractivity contribution in [2.75, 3.05) is 39.6 Å². The van der Waals surface area contributed by atoms with E-state index >= 15 is 0 Å². The van der Waals surface area contributed by atoms with Crippen LogP contribution >= 0.6 is 15.6 Å². The van der Waals surface area contributed by atoms with E-state index in [1.165, 1.54) is 225 Å². The second-order valence-corrected chi connectivity index (χ2v) is 30.5. The van der Waals surface area contributed by atoms with Crippen molar-refractivity contribution in [3.05, 3.63) is 0 Å². The highest BCUT2D eigenvalue weighted by atomic mass is 31.2. The van der Waals surface area contributed by atoms with Gasteiger partial charge in [0.2, 0.25) is 0 Å². The van der Waals surface area contributed by atoms with Crippen molar-refractivity contribution in [1.82, 2.24) is 0 Å². The molecule has 0 aromatic heterocycles. The third kappa shape index (κ3) is 69.0. The molecule has 3 N–H and O–H groups in total. The van der Waals surface area contributed by atoms with Crippen molar-refractivity contribution < 1.29 is 80.2 Å². The van der Waals surface area contributed by atoms with E-state index in [0.717, 1.165) is 95.8 Å². The van der Waals surface area contributed by atoms with Gasteiger partial charge in [-0.25, -0.2) is 9.13 Å². The summed E-state index contributed by atoms with van der Waals surface area (Å²) >= 11 is 0. The highest BCUT2D eigenvalue weighted by Gasteiger charge is 2.30. The minimum absolute atomic E-state index is 0.107. The van der Waals surface area contributed by atoms with Crippen LogP contribution in [0, 0.1) is 5.92 Å². The van der Waals surface area contributed by atoms with Crippen LogP contribution in [0.15, 0.2) is 0 Å². The molecule has 6 atom stereocenters. The van der Waals surface area contributed by atoms with Crippen LogP contribution in [0.1, 0.15) is 401 Å². The highest BCUT2D eigenvalue weighted by Crippen LogP contribution is 2.45. The molecular formula is C76H148O17P2. The van der Waals surface area contributed by atoms with E-state index in [0.29, 0.717) is 25.7 Å². The fourth-order valence-electron chi connectivity index (χ4n) is 11.7. The van der Waals surface area contributed by atoms with Gasteiger partial charge in [-0.1, -0.05) is 349 Å². The molecule has 0 aliphatic heterocycles. The Kier molecular flexibility index (Phi) is 67.7. The monoisotopic (exact) mass is 1400 g/mol. The number of aliphatic hydroxyl groups excluding tert-OH is 1. The average Bonchev–Trinajstić information content (AvgIpc) is 3.60. The maximum Gasteiger partial charge on any atom is 0.472 e. The summed E-state index contributed by atoms with van der Waals surface area (Å²) in [7, 11) is -9.90. The summed E-state index contributed by atoms with van der Waals surface area (Å²) in [5, 5.41) is 10.6. The Morgan fingerprint density at radius 1 is 0.295 bits per heavy atom. The Balaban J connectivity index is 5.17. The highest BCUT2D eigenvalue weighted by molar-refractivity contribution is 7.47. The van der Waals surface area contributed by atoms with Crippen LogP contribution in [0.3, 0.4) is 0 Å². The van der Waals surface area contributed by atoms with E-state index in [2.05, 4.69) is 34.6 Å². The second-order valence-electron chi connectivity index (χ2n) is 27.6. The van der Waals surface area contributed by atoms with E-state index in [-0.39, 0.29) is 25.7 Å². The number of carbonyl (C=O) groups excluding carboxylic acids is 4. The number of hydrogen-bond donors (Lipinski definition) is 3. The first kappa shape index (κ1) is 93.1. The summed E-state index contributed by atoms with van der Waals surface area (Å²) in [6, 6.07) is 0. The van der Waals surface area contributed by atoms with E-state index < -0.39 is 97.5 Å². The Morgan fingerprint density at radius 3 is 0.747 bits per heavy atom. The quantitative estimate of drug-likeness (QED) is 0.0222. The number of phosphoric ester groups is 2. The third-order valence-corrected chi connectivity index (χ3v) is 20.0. The lowest BCUT2D eigenvalue weighted by Crippen LogP contribution is -2.30. The van der Waals surface area contributed by atoms with Gasteiger partial charge < -0.3 is 33.8 Å². The molecular weight excluding hydrogens is 1250 g/mol. The van der Waals surface area contributed by atoms with Crippen LogP contribution in [0.4, 0.5) is 0 Å². The number of hydrogen-bond acceptors (Lipinski definition) is 15. The maximum atomic E-state index is 13.1. The predicted molar refractivity (Wildman–Crippen MR) is 386 cm³/mol. The SMILES string of the molecule is CCCCCCCCCCCCCCCC(=O)OC[C@H](COP(=O)(O)OC[C@@H](O)COP(=O)(O)OC[C@@H](COC(=O)CCCCCCCCCCC)OC(=O)CCCCCCCCCCCCC)OC(=O)CCCCCCCCCCCCCCCCCCCCC(C)CC. The van der Waals surface area contributed by atoms with E-state index in [1.807, 2.05) is 0 Å². The van der Waals surface area contributed by atoms with Crippen molar-refractivity contribution in [3.8, 4) is 0 Å². The molecule has 0 fully saturated rings. The van der Waals surface area contributed by atoms with Gasteiger partial charge in [0.05, 0.1) is 26.4 Å². The number of unbranched alkanes of at least 4 members (excludes halogenated alkanes) is 47. The van der Waals surface area contributed by atoms with Crippen LogP contribution in [0.5, 0.6) is 0 Å². The van der Waals surface area contributed by atoms with Crippen molar-refractivity contribution in [1.29, 1.82) is 0 Å². The average molecular weight is 1400 g/mol. The molecule has 0 spiro atoms. The molecule has 19 heteroatoms. The topological polar surface area (TPSA) is 237 Å². The molecule has 3 unspecified atom stereocenters. The van der Waals surface area contributed by atoms with Crippen LogP contribution < -0.4 is 0 Å². The van der Waals surface area contributed by atoms with Gasteiger partial charge in [0.1, 0.15) is 19.3 Å². The fourth-order valence-corrected chi connectivity index (χ4v) is 13.3. The standard InChI is InChI=1S/C76H148O17P2/c1-6-10-13-16-19-22-24-31-36-40-45-50-55-60-74(79)87-66-72(93-76(81)62-57-52-47-42-37-33-30-28-26-25-27-29-32-35-39-43-48-53-58-69(5)9-4)68-91-95(84,85)89-64-70(77)63-88-94(82,83)90-67-71(65-86-73(78)59-54-49-44-38-21-18-15-12-8-3)92-75(80)61-56-51-46-41-34-23-20-17-14-11-7-2/h69-72,77H,6-68H2,1-5H3,(H,82,83)(H,84,85)/t69?,70-,71+,72+/m0/s1. The zero-order valence-corrected chi connectivity index (χ0v) is 63.6. The van der Waals surface area contributed by atoms with Gasteiger partial charge in [-0.05, 0) is 31.6 Å². The number of phosphoric acid groups is 2. The predicted octanol–water partition coefficient (Wildman–Crippen LogP) is 22.5. The largest absolute Gasteiger partial charge is 0.472 e. The number of rotatable bonds is 76. The number of ether oxygens (including phenoxy) is 4. The molecule has 564 valence electrons. The minimum Gasteiger partial charge on any atom is -0.462 e. The lowest BCUT2D eigenvalue weighted by atomic mass is 9.99. The van der Waals surface area contributed by atoms with Crippen molar-refractivity contribution in [2.45, 2.75) is 419 Å². The van der Waals surface area contributed by atoms with Gasteiger partial charge in [-0.3, -0.25) is 37.3 Å². The Morgan fingerprint density at radius 2 is 0.505 bits per heavy atom. The molecule has 0 bridgehead atoms. The normalized spacial score (nSPS) is 14.2. The van der Waals surface area contributed by atoms with E-state index in [1.54, 1.807) is 0 Å². The Labute approximate surface area is 581 Å². The second kappa shape index (κ2) is 69.2. The van der Waals surface area contributed by atoms with Crippen LogP contribution in [0.2, 0.25) is 0 Å². The summed E-state index contributed by atoms with van der Waals surface area (Å²) in [5.41, 5.74) is 0. The van der Waals surface area contributed by atoms with Gasteiger partial charge >= 0.3 is 39.5 Å². The molecule has 0 aromatic rings. The summed E-state index contributed by atoms with van der Waals surface area (Å²) in [5.74, 6) is -1.24. The molecule has 0 heterocycles. The molecule has 0 aliphatic rings. The number of esters is 4. The molecule has 0 radical (unpaired) electrons. The Bertz CT molecular complexity index is 1820. The van der Waals surface area contributed by atoms with E-state index in [9.17, 15) is 43.2 Å². The van der Waals surface area contributed by atoms with Gasteiger partial charge in [-0.2, -0.15) is 0 Å². The van der Waals surface area contributed by atoms with Crippen molar-refractivity contribution >= 4 is 39.5 Å². The third-order valence-electron chi connectivity index (χ3n) is 18.1. The van der Waals surface area contributed by atoms with Crippen molar-refractivity contribution in [2.24, 2.45) is 5.92 Å². The molecule has 0 rings (SSSR count). The number of carbonyl (C=O) groups is 4. The summed E-state index contributed by atoms with van der Waals surface area (Å²) in [6.45, 7) is 7.34. The molecule has 17 nitrogen and oxygen atoms in total. The molecule has 0 saturated carbocycles. The molecule has 0 amide bonds. The zero-order chi connectivity index (χ0) is 69.8. The minimum atomic E-state index is -4.96. The van der Waals surface area contributed by atoms with Crippen LogP contribution in [0.25, 0.3) is 0 Å². The summed E-state index contributed by atoms with van der Waals surface area (Å²) in [6.07, 6.45) is 58.2. The fraction of sp³-hybridized carbons (Fsp3) is 0.947.